The first-order valence-corrected chi connectivity index (χ1v) is 15.3. The van der Waals surface area contributed by atoms with E-state index < -0.39 is 5.97 Å². The monoisotopic (exact) mass is 535 g/mol. The van der Waals surface area contributed by atoms with Gasteiger partial charge in [0.2, 0.25) is 0 Å². The third kappa shape index (κ3) is 20.0. The summed E-state index contributed by atoms with van der Waals surface area (Å²) in [6.07, 6.45) is 20.8. The van der Waals surface area contributed by atoms with Gasteiger partial charge in [-0.05, 0) is 37.2 Å². The van der Waals surface area contributed by atoms with Gasteiger partial charge in [0.25, 0.3) is 5.17 Å². The summed E-state index contributed by atoms with van der Waals surface area (Å²) in [5.41, 5.74) is 0.929. The van der Waals surface area contributed by atoms with Gasteiger partial charge in [-0.25, -0.2) is 0 Å². The molecule has 6 heteroatoms. The first kappa shape index (κ1) is 33.4. The molecule has 1 aromatic rings. The van der Waals surface area contributed by atoms with Gasteiger partial charge in [-0.15, -0.1) is 0 Å². The highest BCUT2D eigenvalue weighted by atomic mass is 32.1. The van der Waals surface area contributed by atoms with Gasteiger partial charge in [0, 0.05) is 12.1 Å². The Kier molecular flexibility index (Phi) is 19.2. The van der Waals surface area contributed by atoms with Crippen LogP contribution in [-0.2, 0) is 9.53 Å². The number of para-hydroxylation sites is 1. The Morgan fingerprint density at radius 1 is 0.865 bits per heavy atom. The number of hydrogen-bond donors (Lipinski definition) is 2. The summed E-state index contributed by atoms with van der Waals surface area (Å²) in [7, 11) is 4.30. The Bertz CT molecular complexity index is 712. The van der Waals surface area contributed by atoms with E-state index in [0.29, 0.717) is 11.6 Å². The first-order chi connectivity index (χ1) is 17.8. The zero-order valence-electron chi connectivity index (χ0n) is 24.0. The van der Waals surface area contributed by atoms with Crippen molar-refractivity contribution >= 4 is 29.0 Å². The number of nitrogens with one attached hydrogen (secondary N) is 1. The van der Waals surface area contributed by atoms with Gasteiger partial charge >= 0.3 is 5.97 Å². The van der Waals surface area contributed by atoms with Gasteiger partial charge in [-0.1, -0.05) is 109 Å². The summed E-state index contributed by atoms with van der Waals surface area (Å²) in [5.74, 6) is -0.733. The van der Waals surface area contributed by atoms with E-state index in [4.69, 9.17) is 22.1 Å². The third-order valence-corrected chi connectivity index (χ3v) is 7.22. The molecule has 0 amide bonds. The molecule has 1 atom stereocenters. The van der Waals surface area contributed by atoms with Crippen molar-refractivity contribution in [3.05, 3.63) is 30.3 Å². The average molecular weight is 536 g/mol. The van der Waals surface area contributed by atoms with Crippen LogP contribution in [0.5, 0.6) is 0 Å². The van der Waals surface area contributed by atoms with Crippen LogP contribution in [0, 0.1) is 0 Å². The van der Waals surface area contributed by atoms with E-state index in [1.807, 2.05) is 30.3 Å². The number of rotatable bonds is 23. The highest BCUT2D eigenvalue weighted by Gasteiger charge is 2.24. The summed E-state index contributed by atoms with van der Waals surface area (Å²) in [6, 6.07) is 9.87. The third-order valence-electron chi connectivity index (χ3n) is 7.03. The number of likely N-dealkylation sites (N-methyl/N-ethyl adjacent to an activating group) is 1. The molecular formula is C31H55N2O3S+. The number of nitrogens with zero attached hydrogens (tertiary/aromatic N) is 1. The minimum absolute atomic E-state index is 0.0147. The summed E-state index contributed by atoms with van der Waals surface area (Å²) < 4.78 is 6.95. The fourth-order valence-electron chi connectivity index (χ4n) is 4.88. The van der Waals surface area contributed by atoms with Crippen LogP contribution in [-0.4, -0.2) is 54.0 Å². The zero-order valence-corrected chi connectivity index (χ0v) is 24.8. The highest BCUT2D eigenvalue weighted by molar-refractivity contribution is 7.80. The minimum atomic E-state index is -0.733. The van der Waals surface area contributed by atoms with E-state index in [0.717, 1.165) is 36.1 Å². The Hall–Kier alpha value is -1.66. The second-order valence-electron chi connectivity index (χ2n) is 11.2. The van der Waals surface area contributed by atoms with E-state index >= 15 is 0 Å². The topological polar surface area (TPSA) is 58.6 Å². The summed E-state index contributed by atoms with van der Waals surface area (Å²) >= 11 is 5.51. The molecule has 0 aliphatic carbocycles. The smallest absolute Gasteiger partial charge is 0.303 e. The summed E-state index contributed by atoms with van der Waals surface area (Å²) in [5, 5.41) is 12.6. The van der Waals surface area contributed by atoms with Crippen molar-refractivity contribution in [1.82, 2.24) is 0 Å². The van der Waals surface area contributed by atoms with E-state index in [2.05, 4.69) is 26.3 Å². The molecule has 0 aliphatic heterocycles. The lowest BCUT2D eigenvalue weighted by Gasteiger charge is -2.33. The van der Waals surface area contributed by atoms with Crippen LogP contribution in [0.3, 0.4) is 0 Å². The number of carboxylic acid groups (broad SMARTS) is 1. The second-order valence-corrected chi connectivity index (χ2v) is 11.6. The van der Waals surface area contributed by atoms with Crippen molar-refractivity contribution < 1.29 is 19.1 Å². The largest absolute Gasteiger partial charge is 0.481 e. The Balaban J connectivity index is 2.31. The molecule has 5 nitrogen and oxygen atoms in total. The molecule has 0 radical (unpaired) electrons. The molecule has 0 aromatic heterocycles. The molecule has 0 saturated carbocycles. The van der Waals surface area contributed by atoms with E-state index in [1.54, 1.807) is 0 Å². The van der Waals surface area contributed by atoms with E-state index in [1.165, 1.54) is 83.5 Å². The van der Waals surface area contributed by atoms with Gasteiger partial charge in [-0.2, -0.15) is 0 Å². The fourth-order valence-corrected chi connectivity index (χ4v) is 5.13. The number of aliphatic carboxylic acids is 1. The van der Waals surface area contributed by atoms with Crippen molar-refractivity contribution in [2.45, 2.75) is 122 Å². The molecule has 0 aliphatic rings. The van der Waals surface area contributed by atoms with Gasteiger partial charge in [-0.3, -0.25) is 4.79 Å². The molecular weight excluding hydrogens is 480 g/mol. The molecule has 0 fully saturated rings. The number of hydrogen-bond acceptors (Lipinski definition) is 3. The number of benzene rings is 1. The van der Waals surface area contributed by atoms with Crippen molar-refractivity contribution in [1.29, 1.82) is 0 Å². The predicted octanol–water partition coefficient (Wildman–Crippen LogP) is 8.58. The molecule has 0 saturated heterocycles. The van der Waals surface area contributed by atoms with Crippen LogP contribution in [0.2, 0.25) is 0 Å². The lowest BCUT2D eigenvalue weighted by Crippen LogP contribution is -2.47. The number of thiocarbonyl (C=S) groups is 1. The van der Waals surface area contributed by atoms with Crippen molar-refractivity contribution in [2.75, 3.05) is 32.5 Å². The molecule has 212 valence electrons. The Labute approximate surface area is 233 Å². The van der Waals surface area contributed by atoms with Crippen LogP contribution in [0.1, 0.15) is 116 Å². The molecule has 1 rings (SSSR count). The van der Waals surface area contributed by atoms with Crippen molar-refractivity contribution in [3.8, 4) is 0 Å². The molecule has 1 unspecified atom stereocenters. The van der Waals surface area contributed by atoms with Gasteiger partial charge < -0.3 is 19.6 Å². The van der Waals surface area contributed by atoms with Crippen LogP contribution in [0.25, 0.3) is 0 Å². The molecule has 37 heavy (non-hydrogen) atoms. The number of unbranched alkanes of at least 4 members (excludes halogenated alkanes) is 13. The fraction of sp³-hybridized carbons (Fsp3) is 0.742. The van der Waals surface area contributed by atoms with Crippen molar-refractivity contribution in [3.63, 3.8) is 0 Å². The standard InChI is InChI=1S/C31H54N2O3S/c1-4-5-6-7-8-9-10-11-12-13-14-15-16-20-24-29(27-33(2,3)26-21-25-30(34)35)36-31(37)32-28-22-18-17-19-23-28/h17-19,22-23,29H,4-16,20-21,24-27H2,1-3H3,(H-,32,34,35,37)/p+1. The summed E-state index contributed by atoms with van der Waals surface area (Å²) in [4.78, 5) is 10.9. The van der Waals surface area contributed by atoms with Gasteiger partial charge in [0.1, 0.15) is 12.6 Å². The maximum Gasteiger partial charge on any atom is 0.303 e. The predicted molar refractivity (Wildman–Crippen MR) is 161 cm³/mol. The number of anilines is 1. The summed E-state index contributed by atoms with van der Waals surface area (Å²) in [6.45, 7) is 3.90. The zero-order chi connectivity index (χ0) is 27.2. The number of carboxylic acids is 1. The quantitative estimate of drug-likeness (QED) is 0.0835. The minimum Gasteiger partial charge on any atom is -0.481 e. The van der Waals surface area contributed by atoms with E-state index in [9.17, 15) is 4.79 Å². The van der Waals surface area contributed by atoms with Crippen LogP contribution < -0.4 is 5.32 Å². The first-order valence-electron chi connectivity index (χ1n) is 14.9. The lowest BCUT2D eigenvalue weighted by atomic mass is 10.0. The Morgan fingerprint density at radius 2 is 1.38 bits per heavy atom. The highest BCUT2D eigenvalue weighted by Crippen LogP contribution is 2.17. The molecule has 2 N–H and O–H groups in total. The lowest BCUT2D eigenvalue weighted by molar-refractivity contribution is -0.893. The average Bonchev–Trinajstić information content (AvgIpc) is 2.84. The number of carbonyl (C=O) groups is 1. The molecule has 0 bridgehead atoms. The maximum absolute atomic E-state index is 10.9. The molecule has 0 heterocycles. The second kappa shape index (κ2) is 21.3. The SMILES string of the molecule is CCCCCCCCCCCCCCCCC(C[N+](C)(C)CCCC(=O)O)OC(=S)Nc1ccccc1. The van der Waals surface area contributed by atoms with Crippen LogP contribution in [0.4, 0.5) is 5.69 Å². The normalized spacial score (nSPS) is 12.3. The number of ether oxygens (including phenoxy) is 1. The number of quaternary nitrogens is 1. The van der Waals surface area contributed by atoms with Crippen LogP contribution in [0.15, 0.2) is 30.3 Å². The van der Waals surface area contributed by atoms with E-state index in [-0.39, 0.29) is 12.5 Å². The van der Waals surface area contributed by atoms with Crippen molar-refractivity contribution in [2.24, 2.45) is 0 Å². The Morgan fingerprint density at radius 3 is 1.89 bits per heavy atom. The van der Waals surface area contributed by atoms with Gasteiger partial charge in [0.15, 0.2) is 0 Å². The van der Waals surface area contributed by atoms with Gasteiger partial charge in [0.05, 0.1) is 27.1 Å². The molecule has 1 aromatic carbocycles. The maximum atomic E-state index is 10.9. The molecule has 0 spiro atoms. The van der Waals surface area contributed by atoms with Crippen LogP contribution >= 0.6 is 12.2 Å².